The van der Waals surface area contributed by atoms with E-state index in [1.165, 1.54) is 44.9 Å². The third-order valence-electron chi connectivity index (χ3n) is 4.02. The maximum absolute atomic E-state index is 9.71. The van der Waals surface area contributed by atoms with Crippen molar-refractivity contribution in [1.82, 2.24) is 0 Å². The van der Waals surface area contributed by atoms with E-state index >= 15 is 0 Å². The van der Waals surface area contributed by atoms with Crippen LogP contribution in [0.3, 0.4) is 0 Å². The molecule has 1 aliphatic rings. The van der Waals surface area contributed by atoms with Crippen molar-refractivity contribution < 1.29 is 5.11 Å². The van der Waals surface area contributed by atoms with Gasteiger partial charge in [-0.25, -0.2) is 0 Å². The first-order valence-electron chi connectivity index (χ1n) is 6.32. The Bertz CT molecular complexity index is 159. The van der Waals surface area contributed by atoms with Gasteiger partial charge in [0.15, 0.2) is 0 Å². The summed E-state index contributed by atoms with van der Waals surface area (Å²) in [7, 11) is 0. The van der Waals surface area contributed by atoms with Gasteiger partial charge in [-0.05, 0) is 37.5 Å². The number of hydrogen-bond donors (Lipinski definition) is 1. The Balaban J connectivity index is 2.32. The highest BCUT2D eigenvalue weighted by Gasteiger charge is 2.47. The molecule has 0 amide bonds. The number of aliphatic hydroxyl groups excluding tert-OH is 1. The molecule has 2 unspecified atom stereocenters. The van der Waals surface area contributed by atoms with Crippen molar-refractivity contribution in [2.45, 2.75) is 71.8 Å². The van der Waals surface area contributed by atoms with Crippen LogP contribution in [0, 0.1) is 11.3 Å². The van der Waals surface area contributed by atoms with Gasteiger partial charge in [0, 0.05) is 0 Å². The van der Waals surface area contributed by atoms with Crippen LogP contribution in [0.1, 0.15) is 65.7 Å². The van der Waals surface area contributed by atoms with E-state index in [1.54, 1.807) is 0 Å². The molecule has 1 heteroatoms. The third-order valence-corrected chi connectivity index (χ3v) is 4.02. The largest absolute Gasteiger partial charge is 0.393 e. The number of aliphatic hydroxyl groups is 1. The molecule has 0 aliphatic heterocycles. The number of rotatable bonds is 7. The molecular weight excluding hydrogens is 172 g/mol. The lowest BCUT2D eigenvalue weighted by Crippen LogP contribution is -2.21. The van der Waals surface area contributed by atoms with E-state index in [2.05, 4.69) is 13.8 Å². The van der Waals surface area contributed by atoms with E-state index in [1.807, 2.05) is 6.92 Å². The van der Waals surface area contributed by atoms with E-state index < -0.39 is 0 Å². The van der Waals surface area contributed by atoms with Gasteiger partial charge in [0.2, 0.25) is 0 Å². The second-order valence-electron chi connectivity index (χ2n) is 5.16. The van der Waals surface area contributed by atoms with Crippen LogP contribution in [0.2, 0.25) is 0 Å². The molecule has 0 bridgehead atoms. The highest BCUT2D eigenvalue weighted by Crippen LogP contribution is 2.54. The van der Waals surface area contributed by atoms with Crippen molar-refractivity contribution in [2.24, 2.45) is 11.3 Å². The van der Waals surface area contributed by atoms with Crippen LogP contribution in [-0.4, -0.2) is 11.2 Å². The smallest absolute Gasteiger partial charge is 0.0568 e. The molecule has 2 atom stereocenters. The fourth-order valence-corrected chi connectivity index (χ4v) is 2.47. The van der Waals surface area contributed by atoms with Gasteiger partial charge in [-0.1, -0.05) is 39.5 Å². The van der Waals surface area contributed by atoms with Crippen molar-refractivity contribution in [1.29, 1.82) is 0 Å². The van der Waals surface area contributed by atoms with Gasteiger partial charge in [0.25, 0.3) is 0 Å². The topological polar surface area (TPSA) is 20.2 Å². The van der Waals surface area contributed by atoms with Crippen molar-refractivity contribution in [2.75, 3.05) is 0 Å². The highest BCUT2D eigenvalue weighted by atomic mass is 16.3. The zero-order chi connectivity index (χ0) is 10.6. The Hall–Kier alpha value is -0.0400. The summed E-state index contributed by atoms with van der Waals surface area (Å²) in [6.07, 6.45) is 9.00. The Kier molecular flexibility index (Phi) is 4.43. The zero-order valence-corrected chi connectivity index (χ0v) is 10.1. The van der Waals surface area contributed by atoms with E-state index in [0.717, 1.165) is 5.92 Å². The predicted molar refractivity (Wildman–Crippen MR) is 61.3 cm³/mol. The van der Waals surface area contributed by atoms with Crippen LogP contribution < -0.4 is 0 Å². The first-order chi connectivity index (χ1) is 6.64. The van der Waals surface area contributed by atoms with Crippen LogP contribution in [-0.2, 0) is 0 Å². The summed E-state index contributed by atoms with van der Waals surface area (Å²) in [6, 6.07) is 0. The average Bonchev–Trinajstić information content (AvgIpc) is 2.93. The second-order valence-corrected chi connectivity index (χ2v) is 5.16. The lowest BCUT2D eigenvalue weighted by molar-refractivity contribution is 0.0899. The summed E-state index contributed by atoms with van der Waals surface area (Å²) in [5.74, 6) is 0.854. The quantitative estimate of drug-likeness (QED) is 0.660. The molecule has 0 spiro atoms. The molecule has 1 aliphatic carbocycles. The van der Waals surface area contributed by atoms with E-state index in [9.17, 15) is 5.11 Å². The molecule has 14 heavy (non-hydrogen) atoms. The first kappa shape index (κ1) is 12.0. The first-order valence-corrected chi connectivity index (χ1v) is 6.32. The molecule has 1 rings (SSSR count). The highest BCUT2D eigenvalue weighted by molar-refractivity contribution is 4.98. The molecule has 0 radical (unpaired) electrons. The van der Waals surface area contributed by atoms with E-state index in [-0.39, 0.29) is 6.10 Å². The molecule has 1 saturated carbocycles. The maximum atomic E-state index is 9.71. The second kappa shape index (κ2) is 5.16. The molecular formula is C13H26O. The zero-order valence-electron chi connectivity index (χ0n) is 10.1. The fourth-order valence-electron chi connectivity index (χ4n) is 2.47. The molecule has 84 valence electrons. The minimum absolute atomic E-state index is 0.0850. The molecule has 1 nitrogen and oxygen atoms in total. The molecule has 0 aromatic rings. The van der Waals surface area contributed by atoms with Gasteiger partial charge < -0.3 is 5.11 Å². The van der Waals surface area contributed by atoms with Crippen LogP contribution in [0.25, 0.3) is 0 Å². The van der Waals surface area contributed by atoms with Crippen LogP contribution in [0.15, 0.2) is 0 Å². The van der Waals surface area contributed by atoms with Gasteiger partial charge in [-0.2, -0.15) is 0 Å². The molecule has 0 aromatic heterocycles. The summed E-state index contributed by atoms with van der Waals surface area (Å²) >= 11 is 0. The molecule has 0 heterocycles. The van der Waals surface area contributed by atoms with Crippen molar-refractivity contribution in [3.8, 4) is 0 Å². The normalized spacial score (nSPS) is 23.1. The summed E-state index contributed by atoms with van der Waals surface area (Å²) in [4.78, 5) is 0. The fraction of sp³-hybridized carbons (Fsp3) is 1.00. The van der Waals surface area contributed by atoms with E-state index in [4.69, 9.17) is 0 Å². The SMILES string of the molecule is CCCCC(CC)CC1(C(C)O)CC1. The lowest BCUT2D eigenvalue weighted by atomic mass is 9.84. The monoisotopic (exact) mass is 198 g/mol. The Morgan fingerprint density at radius 1 is 1.29 bits per heavy atom. The molecule has 1 N–H and O–H groups in total. The van der Waals surface area contributed by atoms with E-state index in [0.29, 0.717) is 5.41 Å². The van der Waals surface area contributed by atoms with Gasteiger partial charge >= 0.3 is 0 Å². The molecule has 0 saturated heterocycles. The predicted octanol–water partition coefficient (Wildman–Crippen LogP) is 3.75. The standard InChI is InChI=1S/C13H26O/c1-4-6-7-12(5-2)10-13(8-9-13)11(3)14/h11-12,14H,4-10H2,1-3H3. The average molecular weight is 198 g/mol. The Morgan fingerprint density at radius 3 is 2.29 bits per heavy atom. The van der Waals surface area contributed by atoms with Gasteiger partial charge in [0.1, 0.15) is 0 Å². The van der Waals surface area contributed by atoms with Gasteiger partial charge in [-0.15, -0.1) is 0 Å². The summed E-state index contributed by atoms with van der Waals surface area (Å²) in [6.45, 7) is 6.52. The van der Waals surface area contributed by atoms with Crippen LogP contribution >= 0.6 is 0 Å². The van der Waals surface area contributed by atoms with Crippen molar-refractivity contribution >= 4 is 0 Å². The molecule has 0 aromatic carbocycles. The van der Waals surface area contributed by atoms with Gasteiger partial charge in [-0.3, -0.25) is 0 Å². The summed E-state index contributed by atoms with van der Waals surface area (Å²) < 4.78 is 0. The lowest BCUT2D eigenvalue weighted by Gasteiger charge is -2.24. The van der Waals surface area contributed by atoms with Crippen LogP contribution in [0.4, 0.5) is 0 Å². The Labute approximate surface area is 88.9 Å². The number of hydrogen-bond acceptors (Lipinski definition) is 1. The number of unbranched alkanes of at least 4 members (excludes halogenated alkanes) is 1. The minimum atomic E-state index is -0.0850. The third kappa shape index (κ3) is 2.98. The van der Waals surface area contributed by atoms with Crippen LogP contribution in [0.5, 0.6) is 0 Å². The summed E-state index contributed by atoms with van der Waals surface area (Å²) in [5.41, 5.74) is 0.328. The van der Waals surface area contributed by atoms with Crippen molar-refractivity contribution in [3.05, 3.63) is 0 Å². The van der Waals surface area contributed by atoms with Gasteiger partial charge in [0.05, 0.1) is 6.10 Å². The minimum Gasteiger partial charge on any atom is -0.393 e. The summed E-state index contributed by atoms with van der Waals surface area (Å²) in [5, 5.41) is 9.71. The Morgan fingerprint density at radius 2 is 1.93 bits per heavy atom. The molecule has 1 fully saturated rings. The maximum Gasteiger partial charge on any atom is 0.0568 e. The van der Waals surface area contributed by atoms with Crippen molar-refractivity contribution in [3.63, 3.8) is 0 Å².